The highest BCUT2D eigenvalue weighted by atomic mass is 79.9. The monoisotopic (exact) mass is 380 g/mol. The molecule has 1 atom stereocenters. The van der Waals surface area contributed by atoms with E-state index in [0.717, 1.165) is 13.1 Å². The van der Waals surface area contributed by atoms with Crippen LogP contribution < -0.4 is 0 Å². The largest absolute Gasteiger partial charge is 0.387 e. The molecule has 86 valence electrons. The Hall–Kier alpha value is 0.320. The first-order valence-corrected chi connectivity index (χ1v) is 8.02. The highest BCUT2D eigenvalue weighted by Crippen LogP contribution is 2.34. The van der Waals surface area contributed by atoms with E-state index in [2.05, 4.69) is 31.9 Å². The molecule has 5 heteroatoms. The van der Waals surface area contributed by atoms with Crippen LogP contribution >= 0.6 is 54.5 Å². The van der Waals surface area contributed by atoms with Gasteiger partial charge in [0.25, 0.3) is 0 Å². The van der Waals surface area contributed by atoms with Crippen LogP contribution in [0.25, 0.3) is 0 Å². The summed E-state index contributed by atoms with van der Waals surface area (Å²) in [5.74, 6) is 0. The van der Waals surface area contributed by atoms with E-state index in [1.165, 1.54) is 10.4 Å². The number of hydrogen-bond donors (Lipinski definition) is 1. The Morgan fingerprint density at radius 1 is 1.44 bits per heavy atom. The molecule has 0 spiro atoms. The van der Waals surface area contributed by atoms with Crippen LogP contribution in [0.3, 0.4) is 0 Å². The second-order valence-corrected chi connectivity index (χ2v) is 7.77. The molecule has 0 aliphatic heterocycles. The molecular formula is C11H10Br2OS2. The molecule has 1 N–H and O–H groups in total. The van der Waals surface area contributed by atoms with E-state index in [1.807, 2.05) is 24.4 Å². The van der Waals surface area contributed by atoms with Gasteiger partial charge >= 0.3 is 0 Å². The van der Waals surface area contributed by atoms with Crippen LogP contribution in [0, 0.1) is 6.92 Å². The van der Waals surface area contributed by atoms with Crippen LogP contribution in [0.2, 0.25) is 0 Å². The third-order valence-electron chi connectivity index (χ3n) is 2.27. The summed E-state index contributed by atoms with van der Waals surface area (Å²) in [5, 5.41) is 12.2. The fourth-order valence-corrected chi connectivity index (χ4v) is 4.50. The molecule has 2 aromatic rings. The predicted octanol–water partition coefficient (Wildman–Crippen LogP) is 4.92. The third kappa shape index (κ3) is 2.76. The topological polar surface area (TPSA) is 20.2 Å². The molecule has 16 heavy (non-hydrogen) atoms. The minimum absolute atomic E-state index is 0.412. The average Bonchev–Trinajstić information content (AvgIpc) is 2.76. The van der Waals surface area contributed by atoms with Gasteiger partial charge in [0.1, 0.15) is 0 Å². The van der Waals surface area contributed by atoms with Crippen molar-refractivity contribution in [1.29, 1.82) is 0 Å². The van der Waals surface area contributed by atoms with Gasteiger partial charge in [0.15, 0.2) is 0 Å². The van der Waals surface area contributed by atoms with E-state index in [4.69, 9.17) is 0 Å². The van der Waals surface area contributed by atoms with Crippen molar-refractivity contribution in [2.45, 2.75) is 19.4 Å². The molecule has 2 heterocycles. The third-order valence-corrected chi connectivity index (χ3v) is 6.46. The fraction of sp³-hybridized carbons (Fsp3) is 0.273. The van der Waals surface area contributed by atoms with Crippen molar-refractivity contribution >= 4 is 54.5 Å². The van der Waals surface area contributed by atoms with E-state index in [-0.39, 0.29) is 0 Å². The van der Waals surface area contributed by atoms with Crippen molar-refractivity contribution in [3.63, 3.8) is 0 Å². The maximum atomic E-state index is 10.1. The number of aryl methyl sites for hydroxylation is 1. The molecule has 0 amide bonds. The van der Waals surface area contributed by atoms with Gasteiger partial charge in [0.05, 0.1) is 9.89 Å². The van der Waals surface area contributed by atoms with E-state index >= 15 is 0 Å². The summed E-state index contributed by atoms with van der Waals surface area (Å²) in [4.78, 5) is 2.21. The predicted molar refractivity (Wildman–Crippen MR) is 77.4 cm³/mol. The molecule has 0 aliphatic rings. The minimum atomic E-state index is -0.412. The first-order valence-electron chi connectivity index (χ1n) is 4.73. The van der Waals surface area contributed by atoms with Crippen LogP contribution in [0.15, 0.2) is 25.8 Å². The maximum Gasteiger partial charge on any atom is 0.0930 e. The van der Waals surface area contributed by atoms with Crippen LogP contribution in [0.1, 0.15) is 21.4 Å². The molecule has 1 unspecified atom stereocenters. The standard InChI is InChI=1S/C11H10Br2OS2/c1-6-4-10(16-11(6)13)8(14)5-9-7(12)2-3-15-9/h2-4,8,14H,5H2,1H3. The first kappa shape index (κ1) is 12.8. The maximum absolute atomic E-state index is 10.1. The van der Waals surface area contributed by atoms with Gasteiger partial charge in [-0.1, -0.05) is 0 Å². The van der Waals surface area contributed by atoms with Crippen molar-refractivity contribution in [2.75, 3.05) is 0 Å². The number of rotatable bonds is 3. The molecule has 0 saturated heterocycles. The Morgan fingerprint density at radius 3 is 2.69 bits per heavy atom. The Bertz CT molecular complexity index is 470. The second kappa shape index (κ2) is 5.31. The highest BCUT2D eigenvalue weighted by molar-refractivity contribution is 9.11. The Balaban J connectivity index is 2.14. The SMILES string of the molecule is Cc1cc(C(O)Cc2sccc2Br)sc1Br. The molecule has 0 saturated carbocycles. The zero-order valence-electron chi connectivity index (χ0n) is 8.54. The summed E-state index contributed by atoms with van der Waals surface area (Å²) >= 11 is 10.2. The van der Waals surface area contributed by atoms with E-state index in [1.54, 1.807) is 22.7 Å². The molecule has 0 bridgehead atoms. The lowest BCUT2D eigenvalue weighted by atomic mass is 10.2. The van der Waals surface area contributed by atoms with Gasteiger partial charge < -0.3 is 5.11 Å². The van der Waals surface area contributed by atoms with Gasteiger partial charge in [-0.2, -0.15) is 0 Å². The summed E-state index contributed by atoms with van der Waals surface area (Å²) in [5.41, 5.74) is 1.18. The van der Waals surface area contributed by atoms with Gasteiger partial charge in [-0.25, -0.2) is 0 Å². The summed E-state index contributed by atoms with van der Waals surface area (Å²) in [7, 11) is 0. The number of thiophene rings is 2. The zero-order valence-corrected chi connectivity index (χ0v) is 13.3. The van der Waals surface area contributed by atoms with E-state index < -0.39 is 6.10 Å². The van der Waals surface area contributed by atoms with Crippen LogP contribution in [0.4, 0.5) is 0 Å². The molecular weight excluding hydrogens is 372 g/mol. The van der Waals surface area contributed by atoms with Gasteiger partial charge in [-0.3, -0.25) is 0 Å². The first-order chi connectivity index (χ1) is 7.58. The minimum Gasteiger partial charge on any atom is -0.387 e. The zero-order chi connectivity index (χ0) is 11.7. The lowest BCUT2D eigenvalue weighted by Gasteiger charge is -2.06. The average molecular weight is 382 g/mol. The summed E-state index contributed by atoms with van der Waals surface area (Å²) < 4.78 is 2.19. The van der Waals surface area contributed by atoms with Crippen LogP contribution in [0.5, 0.6) is 0 Å². The molecule has 0 aliphatic carbocycles. The quantitative estimate of drug-likeness (QED) is 0.799. The van der Waals surface area contributed by atoms with Gasteiger partial charge in [0.2, 0.25) is 0 Å². The lowest BCUT2D eigenvalue weighted by Crippen LogP contribution is -1.98. The number of aliphatic hydroxyl groups is 1. The highest BCUT2D eigenvalue weighted by Gasteiger charge is 2.15. The number of halogens is 2. The van der Waals surface area contributed by atoms with Crippen molar-refractivity contribution in [1.82, 2.24) is 0 Å². The van der Waals surface area contributed by atoms with Gasteiger partial charge in [0, 0.05) is 20.6 Å². The van der Waals surface area contributed by atoms with Crippen molar-refractivity contribution in [3.8, 4) is 0 Å². The normalized spacial score (nSPS) is 13.0. The molecule has 0 aromatic carbocycles. The summed E-state index contributed by atoms with van der Waals surface area (Å²) in [6.45, 7) is 2.04. The summed E-state index contributed by atoms with van der Waals surface area (Å²) in [6.07, 6.45) is 0.259. The molecule has 0 radical (unpaired) electrons. The Kier molecular flexibility index (Phi) is 4.24. The van der Waals surface area contributed by atoms with Crippen LogP contribution in [-0.2, 0) is 6.42 Å². The molecule has 2 rings (SSSR count). The van der Waals surface area contributed by atoms with E-state index in [9.17, 15) is 5.11 Å². The van der Waals surface area contributed by atoms with Crippen molar-refractivity contribution in [3.05, 3.63) is 41.1 Å². The second-order valence-electron chi connectivity index (χ2n) is 3.52. The smallest absolute Gasteiger partial charge is 0.0930 e. The Morgan fingerprint density at radius 2 is 2.19 bits per heavy atom. The van der Waals surface area contributed by atoms with Crippen molar-refractivity contribution < 1.29 is 5.11 Å². The molecule has 2 aromatic heterocycles. The van der Waals surface area contributed by atoms with E-state index in [0.29, 0.717) is 6.42 Å². The number of aliphatic hydroxyl groups excluding tert-OH is 1. The number of hydrogen-bond acceptors (Lipinski definition) is 3. The van der Waals surface area contributed by atoms with Gasteiger partial charge in [-0.05, 0) is 61.9 Å². The van der Waals surface area contributed by atoms with Crippen LogP contribution in [-0.4, -0.2) is 5.11 Å². The fourth-order valence-electron chi connectivity index (χ4n) is 1.39. The molecule has 0 fully saturated rings. The lowest BCUT2D eigenvalue weighted by molar-refractivity contribution is 0.183. The summed E-state index contributed by atoms with van der Waals surface area (Å²) in [6, 6.07) is 4.06. The Labute approximate surface area is 119 Å². The molecule has 1 nitrogen and oxygen atoms in total. The van der Waals surface area contributed by atoms with Crippen molar-refractivity contribution in [2.24, 2.45) is 0 Å². The van der Waals surface area contributed by atoms with Gasteiger partial charge in [-0.15, -0.1) is 22.7 Å².